The van der Waals surface area contributed by atoms with E-state index in [1.807, 2.05) is 20.8 Å². The summed E-state index contributed by atoms with van der Waals surface area (Å²) in [5.74, 6) is -2.63. The molecule has 0 aliphatic heterocycles. The van der Waals surface area contributed by atoms with Gasteiger partial charge in [-0.1, -0.05) is 0 Å². The van der Waals surface area contributed by atoms with Gasteiger partial charge in [0.25, 0.3) is 5.91 Å². The molecular weight excluding hydrogens is 266 g/mol. The number of hydrogen-bond acceptors (Lipinski definition) is 3. The summed E-state index contributed by atoms with van der Waals surface area (Å²) in [5.41, 5.74) is 0.323. The molecule has 0 bridgehead atoms. The third-order valence-electron chi connectivity index (χ3n) is 2.51. The molecule has 0 aliphatic rings. The fourth-order valence-electron chi connectivity index (χ4n) is 1.43. The van der Waals surface area contributed by atoms with Gasteiger partial charge in [-0.05, 0) is 38.5 Å². The number of halogens is 2. The summed E-state index contributed by atoms with van der Waals surface area (Å²) in [6, 6.07) is 2.39. The monoisotopic (exact) mass is 286 g/mol. The normalized spacial score (nSPS) is 11.3. The highest BCUT2D eigenvalue weighted by molar-refractivity contribution is 5.77. The molecule has 0 aliphatic carbocycles. The van der Waals surface area contributed by atoms with E-state index in [1.165, 1.54) is 19.2 Å². The predicted octanol–water partition coefficient (Wildman–Crippen LogP) is 1.98. The van der Waals surface area contributed by atoms with E-state index in [9.17, 15) is 13.6 Å². The van der Waals surface area contributed by atoms with E-state index in [0.29, 0.717) is 12.1 Å². The lowest BCUT2D eigenvalue weighted by atomic mass is 10.1. The van der Waals surface area contributed by atoms with Gasteiger partial charge in [0.05, 0.1) is 0 Å². The Morgan fingerprint density at radius 3 is 2.25 bits per heavy atom. The number of ether oxygens (including phenoxy) is 1. The van der Waals surface area contributed by atoms with Gasteiger partial charge in [0.1, 0.15) is 0 Å². The molecule has 0 fully saturated rings. The largest absolute Gasteiger partial charge is 0.478 e. The number of amides is 1. The van der Waals surface area contributed by atoms with Crippen molar-refractivity contribution in [2.75, 3.05) is 13.7 Å². The molecule has 0 unspecified atom stereocenters. The van der Waals surface area contributed by atoms with Crippen LogP contribution >= 0.6 is 0 Å². The van der Waals surface area contributed by atoms with Crippen LogP contribution in [0.15, 0.2) is 12.1 Å². The molecule has 1 amide bonds. The lowest BCUT2D eigenvalue weighted by molar-refractivity contribution is -0.122. The molecule has 1 aromatic carbocycles. The zero-order valence-electron chi connectivity index (χ0n) is 12.1. The summed E-state index contributed by atoms with van der Waals surface area (Å²) >= 11 is 0. The minimum atomic E-state index is -0.820. The van der Waals surface area contributed by atoms with Crippen LogP contribution in [0.5, 0.6) is 5.75 Å². The number of likely N-dealkylation sites (N-methyl/N-ethyl adjacent to an activating group) is 1. The van der Waals surface area contributed by atoms with Crippen LogP contribution in [0.25, 0.3) is 0 Å². The van der Waals surface area contributed by atoms with E-state index in [4.69, 9.17) is 4.74 Å². The fraction of sp³-hybridized carbons (Fsp3) is 0.500. The van der Waals surface area contributed by atoms with E-state index in [-0.39, 0.29) is 5.54 Å². The highest BCUT2D eigenvalue weighted by Crippen LogP contribution is 2.23. The lowest BCUT2D eigenvalue weighted by Gasteiger charge is -2.20. The van der Waals surface area contributed by atoms with Crippen molar-refractivity contribution in [1.82, 2.24) is 10.6 Å². The molecule has 0 saturated carbocycles. The molecule has 0 saturated heterocycles. The third-order valence-corrected chi connectivity index (χ3v) is 2.51. The SMILES string of the molecule is CNC(=O)COc1c(F)cc(CNC(C)(C)C)cc1F. The molecule has 6 heteroatoms. The molecule has 4 nitrogen and oxygen atoms in total. The van der Waals surface area contributed by atoms with Crippen LogP contribution in [0.1, 0.15) is 26.3 Å². The van der Waals surface area contributed by atoms with Gasteiger partial charge in [-0.2, -0.15) is 0 Å². The van der Waals surface area contributed by atoms with Crippen molar-refractivity contribution in [1.29, 1.82) is 0 Å². The Labute approximate surface area is 117 Å². The minimum absolute atomic E-state index is 0.151. The standard InChI is InChI=1S/C14H20F2N2O2/c1-14(2,3)18-7-9-5-10(15)13(11(16)6-9)20-8-12(19)17-4/h5-6,18H,7-8H2,1-4H3,(H,17,19). The molecule has 20 heavy (non-hydrogen) atoms. The molecular formula is C14H20F2N2O2. The van der Waals surface area contributed by atoms with Crippen LogP contribution in [0.2, 0.25) is 0 Å². The first-order valence-corrected chi connectivity index (χ1v) is 6.29. The Morgan fingerprint density at radius 1 is 1.25 bits per heavy atom. The van der Waals surface area contributed by atoms with Crippen molar-refractivity contribution in [2.24, 2.45) is 0 Å². The van der Waals surface area contributed by atoms with E-state index < -0.39 is 29.9 Å². The van der Waals surface area contributed by atoms with Crippen molar-refractivity contribution < 1.29 is 18.3 Å². The molecule has 0 aromatic heterocycles. The highest BCUT2D eigenvalue weighted by Gasteiger charge is 2.15. The quantitative estimate of drug-likeness (QED) is 0.870. The third kappa shape index (κ3) is 5.13. The molecule has 0 spiro atoms. The Hall–Kier alpha value is -1.69. The number of rotatable bonds is 5. The summed E-state index contributed by atoms with van der Waals surface area (Å²) in [5, 5.41) is 5.44. The van der Waals surface area contributed by atoms with Crippen LogP contribution in [0.4, 0.5) is 8.78 Å². The summed E-state index contributed by atoms with van der Waals surface area (Å²) < 4.78 is 32.4. The van der Waals surface area contributed by atoms with Crippen molar-refractivity contribution in [2.45, 2.75) is 32.9 Å². The molecule has 1 aromatic rings. The first kappa shape index (κ1) is 16.4. The Bertz CT molecular complexity index is 462. The first-order chi connectivity index (χ1) is 9.23. The predicted molar refractivity (Wildman–Crippen MR) is 72.5 cm³/mol. The summed E-state index contributed by atoms with van der Waals surface area (Å²) in [7, 11) is 1.42. The fourth-order valence-corrected chi connectivity index (χ4v) is 1.43. The van der Waals surface area contributed by atoms with Gasteiger partial charge >= 0.3 is 0 Å². The highest BCUT2D eigenvalue weighted by atomic mass is 19.1. The molecule has 0 radical (unpaired) electrons. The second-order valence-electron chi connectivity index (χ2n) is 5.45. The Morgan fingerprint density at radius 2 is 1.80 bits per heavy atom. The zero-order chi connectivity index (χ0) is 15.3. The molecule has 0 heterocycles. The van der Waals surface area contributed by atoms with Gasteiger partial charge in [-0.3, -0.25) is 4.79 Å². The average molecular weight is 286 g/mol. The van der Waals surface area contributed by atoms with E-state index in [0.717, 1.165) is 0 Å². The lowest BCUT2D eigenvalue weighted by Crippen LogP contribution is -2.35. The van der Waals surface area contributed by atoms with Gasteiger partial charge in [0.15, 0.2) is 24.0 Å². The number of carbonyl (C=O) groups is 1. The van der Waals surface area contributed by atoms with E-state index >= 15 is 0 Å². The van der Waals surface area contributed by atoms with Gasteiger partial charge in [-0.25, -0.2) is 8.78 Å². The van der Waals surface area contributed by atoms with Crippen LogP contribution in [-0.4, -0.2) is 25.1 Å². The van der Waals surface area contributed by atoms with Crippen LogP contribution < -0.4 is 15.4 Å². The van der Waals surface area contributed by atoms with Gasteiger partial charge in [0.2, 0.25) is 0 Å². The second kappa shape index (κ2) is 6.65. The summed E-state index contributed by atoms with van der Waals surface area (Å²) in [4.78, 5) is 11.0. The Kier molecular flexibility index (Phi) is 5.44. The van der Waals surface area contributed by atoms with Crippen LogP contribution in [0.3, 0.4) is 0 Å². The smallest absolute Gasteiger partial charge is 0.257 e. The maximum atomic E-state index is 13.8. The summed E-state index contributed by atoms with van der Waals surface area (Å²) in [6.45, 7) is 5.79. The zero-order valence-corrected chi connectivity index (χ0v) is 12.1. The van der Waals surface area contributed by atoms with E-state index in [1.54, 1.807) is 0 Å². The average Bonchev–Trinajstić information content (AvgIpc) is 2.34. The van der Waals surface area contributed by atoms with Crippen molar-refractivity contribution in [3.63, 3.8) is 0 Å². The number of benzene rings is 1. The topological polar surface area (TPSA) is 50.4 Å². The number of carbonyl (C=O) groups excluding carboxylic acids is 1. The second-order valence-corrected chi connectivity index (χ2v) is 5.45. The van der Waals surface area contributed by atoms with Gasteiger partial charge < -0.3 is 15.4 Å². The maximum Gasteiger partial charge on any atom is 0.257 e. The molecule has 1 rings (SSSR count). The molecule has 2 N–H and O–H groups in total. The minimum Gasteiger partial charge on any atom is -0.478 e. The molecule has 0 atom stereocenters. The van der Waals surface area contributed by atoms with Crippen LogP contribution in [-0.2, 0) is 11.3 Å². The van der Waals surface area contributed by atoms with E-state index in [2.05, 4.69) is 10.6 Å². The first-order valence-electron chi connectivity index (χ1n) is 6.29. The number of nitrogens with one attached hydrogen (secondary N) is 2. The van der Waals surface area contributed by atoms with Crippen molar-refractivity contribution >= 4 is 5.91 Å². The number of hydrogen-bond donors (Lipinski definition) is 2. The summed E-state index contributed by atoms with van der Waals surface area (Å²) in [6.07, 6.45) is 0. The van der Waals surface area contributed by atoms with Crippen LogP contribution in [0, 0.1) is 11.6 Å². The molecule has 112 valence electrons. The maximum absolute atomic E-state index is 13.8. The van der Waals surface area contributed by atoms with Gasteiger partial charge in [0, 0.05) is 19.1 Å². The Balaban J connectivity index is 2.78. The van der Waals surface area contributed by atoms with Crippen molar-refractivity contribution in [3.8, 4) is 5.75 Å². The van der Waals surface area contributed by atoms with Gasteiger partial charge in [-0.15, -0.1) is 0 Å². The van der Waals surface area contributed by atoms with Crippen molar-refractivity contribution in [3.05, 3.63) is 29.3 Å².